The third kappa shape index (κ3) is 4.79. The van der Waals surface area contributed by atoms with Crippen molar-refractivity contribution in [2.24, 2.45) is 0 Å². The number of carbonyl (C=O) groups is 3. The molecule has 0 radical (unpaired) electrons. The molecule has 1 aromatic carbocycles. The molecule has 0 aliphatic heterocycles. The van der Waals surface area contributed by atoms with Crippen LogP contribution in [0.5, 0.6) is 5.75 Å². The van der Waals surface area contributed by atoms with Gasteiger partial charge < -0.3 is 19.9 Å². The van der Waals surface area contributed by atoms with Gasteiger partial charge in [-0.1, -0.05) is 12.1 Å². The van der Waals surface area contributed by atoms with Crippen LogP contribution in [0.4, 0.5) is 0 Å². The van der Waals surface area contributed by atoms with Gasteiger partial charge in [0.2, 0.25) is 0 Å². The standard InChI is InChI=1S/C14H17NO6/c1-20-11-6-4-3-5-9(11)13(17)15-10(14(18)19)7-8-12(16)21-2/h3-6,10H,7-8H2,1-2H3,(H,15,17)(H,18,19). The number of nitrogens with one attached hydrogen (secondary N) is 1. The van der Waals surface area contributed by atoms with Crippen molar-refractivity contribution < 1.29 is 29.0 Å². The fourth-order valence-electron chi connectivity index (χ4n) is 1.69. The molecule has 1 atom stereocenters. The Hall–Kier alpha value is -2.57. The number of esters is 1. The van der Waals surface area contributed by atoms with Gasteiger partial charge in [-0.05, 0) is 18.6 Å². The van der Waals surface area contributed by atoms with Crippen LogP contribution in [0, 0.1) is 0 Å². The van der Waals surface area contributed by atoms with Crippen LogP contribution >= 0.6 is 0 Å². The summed E-state index contributed by atoms with van der Waals surface area (Å²) in [6.07, 6.45) is -0.150. The summed E-state index contributed by atoms with van der Waals surface area (Å²) >= 11 is 0. The van der Waals surface area contributed by atoms with Gasteiger partial charge in [-0.3, -0.25) is 9.59 Å². The van der Waals surface area contributed by atoms with Gasteiger partial charge in [0.15, 0.2) is 0 Å². The maximum absolute atomic E-state index is 12.1. The molecule has 0 saturated carbocycles. The predicted molar refractivity (Wildman–Crippen MR) is 73.1 cm³/mol. The van der Waals surface area contributed by atoms with Crippen molar-refractivity contribution in [3.8, 4) is 5.75 Å². The first-order valence-electron chi connectivity index (χ1n) is 6.23. The molecule has 1 amide bonds. The number of carbonyl (C=O) groups excluding carboxylic acids is 2. The van der Waals surface area contributed by atoms with Crippen molar-refractivity contribution in [2.75, 3.05) is 14.2 Å². The minimum Gasteiger partial charge on any atom is -0.496 e. The molecule has 0 fully saturated rings. The van der Waals surface area contributed by atoms with Crippen LogP contribution in [-0.4, -0.2) is 43.2 Å². The number of rotatable bonds is 7. The molecule has 1 rings (SSSR count). The quantitative estimate of drug-likeness (QED) is 0.722. The highest BCUT2D eigenvalue weighted by atomic mass is 16.5. The summed E-state index contributed by atoms with van der Waals surface area (Å²) in [5.41, 5.74) is 0.226. The Balaban J connectivity index is 2.76. The number of hydrogen-bond donors (Lipinski definition) is 2. The highest BCUT2D eigenvalue weighted by Gasteiger charge is 2.23. The number of aliphatic carboxylic acids is 1. The summed E-state index contributed by atoms with van der Waals surface area (Å²) in [5.74, 6) is -1.99. The van der Waals surface area contributed by atoms with Crippen LogP contribution in [0.2, 0.25) is 0 Å². The second-order valence-corrected chi connectivity index (χ2v) is 4.18. The fraction of sp³-hybridized carbons (Fsp3) is 0.357. The number of carboxylic acids is 1. The number of hydrogen-bond acceptors (Lipinski definition) is 5. The van der Waals surface area contributed by atoms with E-state index in [0.29, 0.717) is 5.75 Å². The largest absolute Gasteiger partial charge is 0.496 e. The van der Waals surface area contributed by atoms with Gasteiger partial charge in [0, 0.05) is 6.42 Å². The predicted octanol–water partition coefficient (Wildman–Crippen LogP) is 0.831. The van der Waals surface area contributed by atoms with Crippen LogP contribution in [0.1, 0.15) is 23.2 Å². The summed E-state index contributed by atoms with van der Waals surface area (Å²) in [6.45, 7) is 0. The Bertz CT molecular complexity index is 528. The molecule has 1 aromatic rings. The Kier molecular flexibility index (Phi) is 6.19. The first-order chi connectivity index (χ1) is 9.99. The van der Waals surface area contributed by atoms with Gasteiger partial charge in [0.05, 0.1) is 19.8 Å². The number of benzene rings is 1. The number of carboxylic acid groups (broad SMARTS) is 1. The summed E-state index contributed by atoms with van der Waals surface area (Å²) in [6, 6.07) is 5.27. The Labute approximate surface area is 121 Å². The molecule has 114 valence electrons. The van der Waals surface area contributed by atoms with Crippen LogP contribution in [0.15, 0.2) is 24.3 Å². The number of para-hydroxylation sites is 1. The number of methoxy groups -OCH3 is 2. The lowest BCUT2D eigenvalue weighted by molar-refractivity contribution is -0.142. The van der Waals surface area contributed by atoms with Gasteiger partial charge in [0.25, 0.3) is 5.91 Å². The van der Waals surface area contributed by atoms with Crippen LogP contribution in [0.25, 0.3) is 0 Å². The minimum atomic E-state index is -1.22. The maximum Gasteiger partial charge on any atom is 0.326 e. The molecule has 0 aromatic heterocycles. The van der Waals surface area contributed by atoms with Crippen molar-refractivity contribution in [1.82, 2.24) is 5.32 Å². The van der Waals surface area contributed by atoms with E-state index in [1.165, 1.54) is 20.3 Å². The zero-order chi connectivity index (χ0) is 15.8. The van der Waals surface area contributed by atoms with Gasteiger partial charge >= 0.3 is 11.9 Å². The van der Waals surface area contributed by atoms with E-state index in [2.05, 4.69) is 10.1 Å². The smallest absolute Gasteiger partial charge is 0.326 e. The normalized spacial score (nSPS) is 11.3. The lowest BCUT2D eigenvalue weighted by Crippen LogP contribution is -2.41. The molecule has 21 heavy (non-hydrogen) atoms. The van der Waals surface area contributed by atoms with E-state index in [0.717, 1.165) is 0 Å². The van der Waals surface area contributed by atoms with Crippen LogP contribution < -0.4 is 10.1 Å². The molecule has 0 spiro atoms. The van der Waals surface area contributed by atoms with E-state index in [-0.39, 0.29) is 18.4 Å². The summed E-state index contributed by atoms with van der Waals surface area (Å²) in [4.78, 5) is 34.3. The monoisotopic (exact) mass is 295 g/mol. The van der Waals surface area contributed by atoms with Crippen molar-refractivity contribution in [3.05, 3.63) is 29.8 Å². The lowest BCUT2D eigenvalue weighted by atomic mass is 10.1. The molecule has 0 bridgehead atoms. The van der Waals surface area contributed by atoms with Crippen molar-refractivity contribution in [1.29, 1.82) is 0 Å². The Morgan fingerprint density at radius 3 is 2.48 bits per heavy atom. The zero-order valence-corrected chi connectivity index (χ0v) is 11.8. The summed E-state index contributed by atoms with van der Waals surface area (Å²) < 4.78 is 9.48. The Morgan fingerprint density at radius 2 is 1.90 bits per heavy atom. The minimum absolute atomic E-state index is 0.0527. The lowest BCUT2D eigenvalue weighted by Gasteiger charge is -2.15. The second-order valence-electron chi connectivity index (χ2n) is 4.18. The zero-order valence-electron chi connectivity index (χ0n) is 11.8. The molecule has 0 heterocycles. The first kappa shape index (κ1) is 16.5. The third-order valence-corrected chi connectivity index (χ3v) is 2.82. The topological polar surface area (TPSA) is 102 Å². The molecular weight excluding hydrogens is 278 g/mol. The molecule has 7 nitrogen and oxygen atoms in total. The Morgan fingerprint density at radius 1 is 1.24 bits per heavy atom. The average Bonchev–Trinajstić information content (AvgIpc) is 2.50. The van der Waals surface area contributed by atoms with Gasteiger partial charge in [-0.15, -0.1) is 0 Å². The van der Waals surface area contributed by atoms with Crippen molar-refractivity contribution in [2.45, 2.75) is 18.9 Å². The van der Waals surface area contributed by atoms with E-state index in [1.807, 2.05) is 0 Å². The van der Waals surface area contributed by atoms with E-state index >= 15 is 0 Å². The third-order valence-electron chi connectivity index (χ3n) is 2.82. The average molecular weight is 295 g/mol. The van der Waals surface area contributed by atoms with Crippen molar-refractivity contribution in [3.63, 3.8) is 0 Å². The van der Waals surface area contributed by atoms with Gasteiger partial charge in [-0.25, -0.2) is 4.79 Å². The maximum atomic E-state index is 12.1. The molecule has 1 unspecified atom stereocenters. The molecule has 0 saturated heterocycles. The molecule has 0 aliphatic rings. The first-order valence-corrected chi connectivity index (χ1v) is 6.23. The SMILES string of the molecule is COC(=O)CCC(NC(=O)c1ccccc1OC)C(=O)O. The van der Waals surface area contributed by atoms with E-state index in [9.17, 15) is 14.4 Å². The van der Waals surface area contributed by atoms with E-state index < -0.39 is 23.9 Å². The van der Waals surface area contributed by atoms with Gasteiger partial charge in [0.1, 0.15) is 11.8 Å². The molecular formula is C14H17NO6. The fourth-order valence-corrected chi connectivity index (χ4v) is 1.69. The second kappa shape index (κ2) is 7.88. The molecule has 0 aliphatic carbocycles. The van der Waals surface area contributed by atoms with Gasteiger partial charge in [-0.2, -0.15) is 0 Å². The number of ether oxygens (including phenoxy) is 2. The van der Waals surface area contributed by atoms with E-state index in [1.54, 1.807) is 18.2 Å². The van der Waals surface area contributed by atoms with Crippen molar-refractivity contribution >= 4 is 17.8 Å². The molecule has 2 N–H and O–H groups in total. The van der Waals surface area contributed by atoms with E-state index in [4.69, 9.17) is 9.84 Å². The summed E-state index contributed by atoms with van der Waals surface area (Å²) in [7, 11) is 2.63. The van der Waals surface area contributed by atoms with Crippen LogP contribution in [0.3, 0.4) is 0 Å². The van der Waals surface area contributed by atoms with Crippen LogP contribution in [-0.2, 0) is 14.3 Å². The molecule has 7 heteroatoms. The highest BCUT2D eigenvalue weighted by Crippen LogP contribution is 2.17. The highest BCUT2D eigenvalue weighted by molar-refractivity contribution is 5.99. The number of amides is 1. The summed E-state index contributed by atoms with van der Waals surface area (Å²) in [5, 5.41) is 11.4.